The second-order valence-corrected chi connectivity index (χ2v) is 30.6. The van der Waals surface area contributed by atoms with Gasteiger partial charge in [0.2, 0.25) is 0 Å². The van der Waals surface area contributed by atoms with Crippen molar-refractivity contribution in [2.75, 3.05) is 39.6 Å². The minimum absolute atomic E-state index is 0.0369. The molecule has 0 radical (unpaired) electrons. The molecule has 104 heavy (non-hydrogen) atoms. The molecule has 0 fully saturated rings. The maximum atomic E-state index is 13.1. The molecule has 0 aliphatic heterocycles. The van der Waals surface area contributed by atoms with Crippen LogP contribution in [0.3, 0.4) is 0 Å². The molecule has 0 aliphatic carbocycles. The van der Waals surface area contributed by atoms with Crippen molar-refractivity contribution in [2.45, 2.75) is 380 Å². The van der Waals surface area contributed by atoms with Crippen molar-refractivity contribution < 1.29 is 80.2 Å². The highest BCUT2D eigenvalue weighted by molar-refractivity contribution is 7.47. The molecule has 0 rings (SSSR count). The number of unbranched alkanes of at least 4 members (excludes halogenated alkanes) is 36. The van der Waals surface area contributed by atoms with E-state index in [-0.39, 0.29) is 25.7 Å². The van der Waals surface area contributed by atoms with Crippen LogP contribution in [0.5, 0.6) is 0 Å². The maximum absolute atomic E-state index is 13.1. The Kier molecular flexibility index (Phi) is 74.2. The van der Waals surface area contributed by atoms with Crippen molar-refractivity contribution >= 4 is 39.5 Å². The molecular formula is C85H150O17P2. The van der Waals surface area contributed by atoms with Gasteiger partial charge in [-0.15, -0.1) is 0 Å². The number of carbonyl (C=O) groups excluding carboxylic acids is 4. The molecular weight excluding hydrogens is 1350 g/mol. The van der Waals surface area contributed by atoms with Gasteiger partial charge in [-0.25, -0.2) is 9.13 Å². The van der Waals surface area contributed by atoms with Gasteiger partial charge in [-0.1, -0.05) is 292 Å². The van der Waals surface area contributed by atoms with E-state index in [9.17, 15) is 43.2 Å². The first-order valence-electron chi connectivity index (χ1n) is 41.5. The summed E-state index contributed by atoms with van der Waals surface area (Å²) >= 11 is 0. The highest BCUT2D eigenvalue weighted by Gasteiger charge is 2.30. The number of phosphoric ester groups is 2. The molecule has 0 spiro atoms. The number of allylic oxidation sites excluding steroid dienone is 16. The first-order valence-corrected chi connectivity index (χ1v) is 44.5. The zero-order valence-corrected chi connectivity index (χ0v) is 67.7. The van der Waals surface area contributed by atoms with E-state index in [2.05, 4.69) is 113 Å². The SMILES string of the molecule is CCCCC/C=C\C/C=C\C/C=C\C/C=C\C/C=C\CCC(=O)OC[C@H](COP(=O)(O)OC[C@@H](O)COP(=O)(O)OC[C@@H](COC(=O)CCCCCCC/C=C\CCCCCCCC)OC(=O)CCCCCCCCC/C=C\CCCCCC)OC(=O)CCCCCCC/C=C\CCCCCCCC. The van der Waals surface area contributed by atoms with E-state index >= 15 is 0 Å². The third-order valence-corrected chi connectivity index (χ3v) is 19.4. The van der Waals surface area contributed by atoms with E-state index in [4.69, 9.17) is 37.0 Å². The normalized spacial score (nSPS) is 14.3. The van der Waals surface area contributed by atoms with Gasteiger partial charge in [0.25, 0.3) is 0 Å². The molecule has 2 unspecified atom stereocenters. The number of hydrogen-bond donors (Lipinski definition) is 3. The van der Waals surface area contributed by atoms with Crippen LogP contribution >= 0.6 is 15.6 Å². The molecule has 17 nitrogen and oxygen atoms in total. The van der Waals surface area contributed by atoms with Crippen LogP contribution < -0.4 is 0 Å². The molecule has 0 saturated heterocycles. The summed E-state index contributed by atoms with van der Waals surface area (Å²) in [4.78, 5) is 73.1. The van der Waals surface area contributed by atoms with Gasteiger partial charge >= 0.3 is 39.5 Å². The molecule has 0 amide bonds. The summed E-state index contributed by atoms with van der Waals surface area (Å²) in [5.74, 6) is -2.27. The molecule has 0 aromatic rings. The highest BCUT2D eigenvalue weighted by Crippen LogP contribution is 2.45. The molecule has 0 aromatic heterocycles. The minimum Gasteiger partial charge on any atom is -0.462 e. The molecule has 0 heterocycles. The fourth-order valence-corrected chi connectivity index (χ4v) is 12.7. The van der Waals surface area contributed by atoms with Crippen LogP contribution in [0, 0.1) is 0 Å². The van der Waals surface area contributed by atoms with E-state index in [1.807, 2.05) is 12.2 Å². The quantitative estimate of drug-likeness (QED) is 0.0169. The number of aliphatic hydroxyl groups is 1. The van der Waals surface area contributed by atoms with Crippen LogP contribution in [0.15, 0.2) is 97.2 Å². The van der Waals surface area contributed by atoms with Gasteiger partial charge < -0.3 is 33.8 Å². The number of hydrogen-bond acceptors (Lipinski definition) is 15. The van der Waals surface area contributed by atoms with E-state index in [1.54, 1.807) is 0 Å². The topological polar surface area (TPSA) is 237 Å². The van der Waals surface area contributed by atoms with Crippen molar-refractivity contribution in [2.24, 2.45) is 0 Å². The third-order valence-electron chi connectivity index (χ3n) is 17.5. The zero-order valence-electron chi connectivity index (χ0n) is 65.9. The Labute approximate surface area is 633 Å². The van der Waals surface area contributed by atoms with Crippen molar-refractivity contribution in [3.63, 3.8) is 0 Å². The Morgan fingerprint density at radius 3 is 0.817 bits per heavy atom. The van der Waals surface area contributed by atoms with Gasteiger partial charge in [-0.2, -0.15) is 0 Å². The number of ether oxygens (including phenoxy) is 4. The van der Waals surface area contributed by atoms with Crippen molar-refractivity contribution in [3.05, 3.63) is 97.2 Å². The lowest BCUT2D eigenvalue weighted by molar-refractivity contribution is -0.161. The molecule has 3 N–H and O–H groups in total. The van der Waals surface area contributed by atoms with Crippen molar-refractivity contribution in [1.29, 1.82) is 0 Å². The number of rotatable bonds is 78. The van der Waals surface area contributed by atoms with Crippen molar-refractivity contribution in [1.82, 2.24) is 0 Å². The predicted octanol–water partition coefficient (Wildman–Crippen LogP) is 24.3. The van der Waals surface area contributed by atoms with Gasteiger partial charge in [0.1, 0.15) is 19.3 Å². The molecule has 5 atom stereocenters. The lowest BCUT2D eigenvalue weighted by Gasteiger charge is -2.21. The average molecular weight is 1510 g/mol. The van der Waals surface area contributed by atoms with E-state index in [1.165, 1.54) is 122 Å². The zero-order chi connectivity index (χ0) is 76.0. The minimum atomic E-state index is -5.00. The van der Waals surface area contributed by atoms with Gasteiger partial charge in [0, 0.05) is 25.7 Å². The summed E-state index contributed by atoms with van der Waals surface area (Å²) < 4.78 is 68.6. The first kappa shape index (κ1) is 100.0. The maximum Gasteiger partial charge on any atom is 0.472 e. The molecule has 602 valence electrons. The summed E-state index contributed by atoms with van der Waals surface area (Å²) in [5.41, 5.74) is 0. The Bertz CT molecular complexity index is 2350. The van der Waals surface area contributed by atoms with Crippen LogP contribution in [-0.4, -0.2) is 96.7 Å². The Morgan fingerprint density at radius 2 is 0.490 bits per heavy atom. The van der Waals surface area contributed by atoms with Gasteiger partial charge in [-0.05, 0) is 141 Å². The predicted molar refractivity (Wildman–Crippen MR) is 427 cm³/mol. The average Bonchev–Trinajstić information content (AvgIpc) is 0.918. The molecule has 0 aliphatic rings. The van der Waals surface area contributed by atoms with Crippen LogP contribution in [0.2, 0.25) is 0 Å². The summed E-state index contributed by atoms with van der Waals surface area (Å²) in [6.07, 6.45) is 82.5. The lowest BCUT2D eigenvalue weighted by Crippen LogP contribution is -2.30. The van der Waals surface area contributed by atoms with Gasteiger partial charge in [-0.3, -0.25) is 37.3 Å². The van der Waals surface area contributed by atoms with Crippen LogP contribution in [0.1, 0.15) is 362 Å². The Balaban J connectivity index is 5.42. The largest absolute Gasteiger partial charge is 0.472 e. The van der Waals surface area contributed by atoms with E-state index < -0.39 is 97.5 Å². The fourth-order valence-electron chi connectivity index (χ4n) is 11.1. The Morgan fingerprint density at radius 1 is 0.269 bits per heavy atom. The number of carbonyl (C=O) groups is 4. The third kappa shape index (κ3) is 76.2. The van der Waals surface area contributed by atoms with Gasteiger partial charge in [0.05, 0.1) is 26.4 Å². The lowest BCUT2D eigenvalue weighted by atomic mass is 10.1. The van der Waals surface area contributed by atoms with Crippen LogP contribution in [0.25, 0.3) is 0 Å². The monoisotopic (exact) mass is 1510 g/mol. The smallest absolute Gasteiger partial charge is 0.462 e. The summed E-state index contributed by atoms with van der Waals surface area (Å²) in [6, 6.07) is 0. The number of phosphoric acid groups is 2. The summed E-state index contributed by atoms with van der Waals surface area (Å²) in [5, 5.41) is 10.6. The van der Waals surface area contributed by atoms with Crippen LogP contribution in [-0.2, 0) is 65.4 Å². The first-order chi connectivity index (χ1) is 50.7. The van der Waals surface area contributed by atoms with Crippen LogP contribution in [0.4, 0.5) is 0 Å². The number of aliphatic hydroxyl groups excluding tert-OH is 1. The highest BCUT2D eigenvalue weighted by atomic mass is 31.2. The van der Waals surface area contributed by atoms with E-state index in [0.29, 0.717) is 32.1 Å². The Hall–Kier alpha value is -4.02. The standard InChI is InChI=1S/C85H150O17P2/c1-5-9-13-17-21-25-29-33-37-38-39-40-44-46-50-54-58-62-66-70-83(88)96-76-81(102-85(90)72-68-64-60-56-52-48-43-36-32-28-24-20-16-12-8-4)78-100-104(93,94)98-74-79(86)73-97-103(91,92)99-77-80(101-84(89)71-67-63-59-55-51-47-42-35-31-27-23-19-15-11-7-3)75-95-82(87)69-65-61-57-53-49-45-41-34-30-26-22-18-14-10-6-2/h21,25,27,31,33-34,36-37,39-41,43,46,50,58,62,79-81,86H,5-20,22-24,26,28-30,32,35,38,42,44-45,47-49,51-57,59-61,63-78H2,1-4H3,(H,91,92)(H,93,94)/b25-21-,31-27-,37-33-,40-39-,41-34-,43-36-,50-46-,62-58-/t79-,80+,81+/m0/s1. The van der Waals surface area contributed by atoms with E-state index in [0.717, 1.165) is 154 Å². The molecule has 0 saturated carbocycles. The molecule has 19 heteroatoms. The fraction of sp³-hybridized carbons (Fsp3) is 0.765. The molecule has 0 bridgehead atoms. The number of esters is 4. The summed E-state index contributed by atoms with van der Waals surface area (Å²) in [7, 11) is -9.98. The molecule has 0 aromatic carbocycles. The second-order valence-electron chi connectivity index (χ2n) is 27.7. The van der Waals surface area contributed by atoms with Gasteiger partial charge in [0.15, 0.2) is 12.2 Å². The second kappa shape index (κ2) is 77.1. The van der Waals surface area contributed by atoms with Crippen molar-refractivity contribution in [3.8, 4) is 0 Å². The summed E-state index contributed by atoms with van der Waals surface area (Å²) in [6.45, 7) is 4.77.